The number of nitrogens with one attached hydrogen (secondary N) is 1. The molecule has 1 amide bonds. The van der Waals surface area contributed by atoms with E-state index in [1.54, 1.807) is 12.4 Å². The van der Waals surface area contributed by atoms with E-state index in [9.17, 15) is 14.7 Å². The Kier molecular flexibility index (Phi) is 5.29. The first-order valence-corrected chi connectivity index (χ1v) is 11.5. The number of pyridine rings is 3. The van der Waals surface area contributed by atoms with E-state index >= 15 is 0 Å². The van der Waals surface area contributed by atoms with Crippen LogP contribution in [0.5, 0.6) is 0 Å². The van der Waals surface area contributed by atoms with E-state index in [0.717, 1.165) is 54.1 Å². The quantitative estimate of drug-likeness (QED) is 0.581. The first-order chi connectivity index (χ1) is 15.5. The average molecular weight is 433 g/mol. The van der Waals surface area contributed by atoms with Gasteiger partial charge >= 0.3 is 0 Å². The average Bonchev–Trinajstić information content (AvgIpc) is 3.67. The Morgan fingerprint density at radius 2 is 1.94 bits per heavy atom. The third kappa shape index (κ3) is 3.93. The third-order valence-electron chi connectivity index (χ3n) is 6.36. The Morgan fingerprint density at radius 1 is 1.16 bits per heavy atom. The summed E-state index contributed by atoms with van der Waals surface area (Å²) < 4.78 is 1.85. The molecule has 1 atom stereocenters. The molecule has 2 fully saturated rings. The van der Waals surface area contributed by atoms with Gasteiger partial charge < -0.3 is 15.0 Å². The first kappa shape index (κ1) is 20.8. The molecule has 3 aromatic rings. The molecule has 3 aromatic heterocycles. The van der Waals surface area contributed by atoms with Crippen molar-refractivity contribution in [3.05, 3.63) is 52.2 Å². The lowest BCUT2D eigenvalue weighted by Gasteiger charge is -2.16. The van der Waals surface area contributed by atoms with E-state index in [0.29, 0.717) is 23.5 Å². The maximum Gasteiger partial charge on any atom is 0.259 e. The largest absolute Gasteiger partial charge is 0.387 e. The van der Waals surface area contributed by atoms with Gasteiger partial charge in [0.1, 0.15) is 5.82 Å². The number of carbonyl (C=O) groups is 1. The van der Waals surface area contributed by atoms with Gasteiger partial charge in [0.25, 0.3) is 5.56 Å². The Labute approximate surface area is 186 Å². The molecule has 7 heteroatoms. The fourth-order valence-corrected chi connectivity index (χ4v) is 4.23. The molecule has 2 aliphatic rings. The van der Waals surface area contributed by atoms with Crippen LogP contribution in [0.2, 0.25) is 0 Å². The molecule has 0 aromatic carbocycles. The van der Waals surface area contributed by atoms with Crippen LogP contribution in [0, 0.1) is 12.8 Å². The number of aliphatic hydroxyl groups is 1. The molecular weight excluding hydrogens is 404 g/mol. The molecule has 32 heavy (non-hydrogen) atoms. The van der Waals surface area contributed by atoms with Gasteiger partial charge in [0.15, 0.2) is 0 Å². The van der Waals surface area contributed by atoms with Crippen molar-refractivity contribution in [3.8, 4) is 11.1 Å². The van der Waals surface area contributed by atoms with Gasteiger partial charge in [-0.1, -0.05) is 13.3 Å². The van der Waals surface area contributed by atoms with Crippen LogP contribution >= 0.6 is 0 Å². The van der Waals surface area contributed by atoms with Gasteiger partial charge in [0.05, 0.1) is 17.3 Å². The van der Waals surface area contributed by atoms with Crippen molar-refractivity contribution in [1.82, 2.24) is 14.5 Å². The number of amides is 1. The molecular formula is C25H28N4O3. The molecule has 0 radical (unpaired) electrons. The van der Waals surface area contributed by atoms with Crippen LogP contribution in [-0.2, 0) is 4.79 Å². The molecule has 2 aliphatic carbocycles. The summed E-state index contributed by atoms with van der Waals surface area (Å²) in [6.07, 6.45) is 8.13. The van der Waals surface area contributed by atoms with Crippen molar-refractivity contribution in [1.29, 1.82) is 0 Å². The zero-order valence-corrected chi connectivity index (χ0v) is 18.5. The number of hydrogen-bond donors (Lipinski definition) is 2. The molecule has 3 heterocycles. The monoisotopic (exact) mass is 432 g/mol. The maximum absolute atomic E-state index is 13.6. The van der Waals surface area contributed by atoms with Crippen molar-refractivity contribution in [2.75, 3.05) is 5.32 Å². The normalized spacial score (nSPS) is 16.8. The second-order valence-corrected chi connectivity index (χ2v) is 9.08. The van der Waals surface area contributed by atoms with Crippen molar-refractivity contribution in [2.24, 2.45) is 5.92 Å². The second-order valence-electron chi connectivity index (χ2n) is 9.08. The second kappa shape index (κ2) is 8.13. The third-order valence-corrected chi connectivity index (χ3v) is 6.36. The highest BCUT2D eigenvalue weighted by Crippen LogP contribution is 2.38. The minimum atomic E-state index is -0.596. The van der Waals surface area contributed by atoms with Crippen molar-refractivity contribution in [2.45, 2.75) is 64.5 Å². The van der Waals surface area contributed by atoms with Crippen LogP contribution in [0.4, 0.5) is 5.82 Å². The summed E-state index contributed by atoms with van der Waals surface area (Å²) in [5, 5.41) is 14.0. The number of nitrogens with zero attached hydrogens (tertiary/aromatic N) is 3. The number of aliphatic hydroxyl groups excluding tert-OH is 1. The molecule has 2 saturated carbocycles. The minimum absolute atomic E-state index is 0.000776. The molecule has 0 saturated heterocycles. The SMILES string of the molecule is CCC[C@@H](O)c1cc(C)c(-c2cc3cnc(NC(=O)C4CC4)cc3n(C3CC3)c2=O)cn1. The van der Waals surface area contributed by atoms with Crippen LogP contribution in [-0.4, -0.2) is 25.5 Å². The zero-order chi connectivity index (χ0) is 22.4. The van der Waals surface area contributed by atoms with Crippen molar-refractivity contribution >= 4 is 22.6 Å². The molecule has 0 bridgehead atoms. The first-order valence-electron chi connectivity index (χ1n) is 11.5. The van der Waals surface area contributed by atoms with E-state index in [2.05, 4.69) is 15.3 Å². The molecule has 0 aliphatic heterocycles. The van der Waals surface area contributed by atoms with Crippen LogP contribution < -0.4 is 10.9 Å². The summed E-state index contributed by atoms with van der Waals surface area (Å²) >= 11 is 0. The highest BCUT2D eigenvalue weighted by atomic mass is 16.3. The van der Waals surface area contributed by atoms with E-state index in [1.807, 2.05) is 36.6 Å². The van der Waals surface area contributed by atoms with Crippen molar-refractivity contribution < 1.29 is 9.90 Å². The number of rotatable bonds is 7. The van der Waals surface area contributed by atoms with Gasteiger partial charge in [-0.2, -0.15) is 0 Å². The Morgan fingerprint density at radius 3 is 2.59 bits per heavy atom. The molecule has 0 spiro atoms. The number of aromatic nitrogens is 3. The summed E-state index contributed by atoms with van der Waals surface area (Å²) in [7, 11) is 0. The van der Waals surface area contributed by atoms with Gasteiger partial charge in [0, 0.05) is 46.9 Å². The molecule has 166 valence electrons. The molecule has 7 nitrogen and oxygen atoms in total. The topological polar surface area (TPSA) is 97.1 Å². The standard InChI is InChI=1S/C25H28N4O3/c1-3-4-22(30)20-9-14(2)19(13-26-20)18-10-16-12-27-23(28-24(31)15-5-6-15)11-21(16)29(25(18)32)17-7-8-17/h9-13,15,17,22,30H,3-8H2,1-2H3,(H,27,28,31)/t22-/m1/s1. The highest BCUT2D eigenvalue weighted by Gasteiger charge is 2.31. The zero-order valence-electron chi connectivity index (χ0n) is 18.5. The molecule has 2 N–H and O–H groups in total. The van der Waals surface area contributed by atoms with Crippen LogP contribution in [0.25, 0.3) is 22.0 Å². The van der Waals surface area contributed by atoms with E-state index in [-0.39, 0.29) is 23.4 Å². The van der Waals surface area contributed by atoms with Crippen LogP contribution in [0.1, 0.15) is 68.9 Å². The van der Waals surface area contributed by atoms with Gasteiger partial charge in [0.2, 0.25) is 5.91 Å². The number of hydrogen-bond acceptors (Lipinski definition) is 5. The number of aryl methyl sites for hydroxylation is 1. The fourth-order valence-electron chi connectivity index (χ4n) is 4.23. The van der Waals surface area contributed by atoms with E-state index in [1.165, 1.54) is 0 Å². The lowest BCUT2D eigenvalue weighted by molar-refractivity contribution is -0.117. The Hall–Kier alpha value is -3.06. The van der Waals surface area contributed by atoms with Crippen molar-refractivity contribution in [3.63, 3.8) is 0 Å². The predicted molar refractivity (Wildman–Crippen MR) is 123 cm³/mol. The van der Waals surface area contributed by atoms with Gasteiger partial charge in [-0.05, 0) is 56.7 Å². The number of anilines is 1. The van der Waals surface area contributed by atoms with E-state index < -0.39 is 6.10 Å². The van der Waals surface area contributed by atoms with Gasteiger partial charge in [-0.25, -0.2) is 4.98 Å². The Bertz CT molecular complexity index is 1260. The number of fused-ring (bicyclic) bond motifs is 1. The summed E-state index contributed by atoms with van der Waals surface area (Å²) in [5.74, 6) is 0.582. The molecule has 0 unspecified atom stereocenters. The van der Waals surface area contributed by atoms with Crippen LogP contribution in [0.3, 0.4) is 0 Å². The van der Waals surface area contributed by atoms with Crippen LogP contribution in [0.15, 0.2) is 35.4 Å². The van der Waals surface area contributed by atoms with Gasteiger partial charge in [-0.3, -0.25) is 14.6 Å². The fraction of sp³-hybridized carbons (Fsp3) is 0.440. The lowest BCUT2D eigenvalue weighted by Crippen LogP contribution is -2.22. The summed E-state index contributed by atoms with van der Waals surface area (Å²) in [6, 6.07) is 5.71. The summed E-state index contributed by atoms with van der Waals surface area (Å²) in [6.45, 7) is 3.97. The summed E-state index contributed by atoms with van der Waals surface area (Å²) in [4.78, 5) is 34.6. The summed E-state index contributed by atoms with van der Waals surface area (Å²) in [5.41, 5.74) is 3.63. The lowest BCUT2D eigenvalue weighted by atomic mass is 10.00. The Balaban J connectivity index is 1.58. The molecule has 5 rings (SSSR count). The number of carbonyl (C=O) groups excluding carboxylic acids is 1. The maximum atomic E-state index is 13.6. The van der Waals surface area contributed by atoms with Gasteiger partial charge in [-0.15, -0.1) is 0 Å². The highest BCUT2D eigenvalue weighted by molar-refractivity contribution is 5.95. The van der Waals surface area contributed by atoms with E-state index in [4.69, 9.17) is 0 Å². The smallest absolute Gasteiger partial charge is 0.259 e. The predicted octanol–water partition coefficient (Wildman–Crippen LogP) is 4.28. The minimum Gasteiger partial charge on any atom is -0.387 e.